The minimum absolute atomic E-state index is 0. The van der Waals surface area contributed by atoms with Crippen LogP contribution in [-0.4, -0.2) is 36.2 Å². The smallest absolute Gasteiger partial charge is 0.124 e. The Hall–Kier alpha value is -1.14. The molecule has 1 atom stereocenters. The zero-order valence-corrected chi connectivity index (χ0v) is 14.0. The molecule has 22 heavy (non-hydrogen) atoms. The second-order valence-corrected chi connectivity index (χ2v) is 6.19. The minimum atomic E-state index is -0.296. The maximum Gasteiger partial charge on any atom is 0.124 e. The average molecular weight is 343 g/mol. The van der Waals surface area contributed by atoms with Crippen molar-refractivity contribution in [1.82, 2.24) is 10.2 Å². The van der Waals surface area contributed by atoms with Crippen LogP contribution in [0.25, 0.3) is 0 Å². The highest BCUT2D eigenvalue weighted by molar-refractivity contribution is 7.08. The number of phenolic OH excluding ortho intramolecular Hbond substituents is 1. The van der Waals surface area contributed by atoms with E-state index in [2.05, 4.69) is 21.7 Å². The molecule has 0 bridgehead atoms. The van der Waals surface area contributed by atoms with Gasteiger partial charge >= 0.3 is 0 Å². The van der Waals surface area contributed by atoms with Crippen molar-refractivity contribution in [3.63, 3.8) is 0 Å². The number of hydrogen-bond donors (Lipinski definition) is 2. The number of hydrogen-bond acceptors (Lipinski definition) is 4. The van der Waals surface area contributed by atoms with E-state index in [4.69, 9.17) is 0 Å². The van der Waals surface area contributed by atoms with E-state index in [1.165, 1.54) is 12.1 Å². The topological polar surface area (TPSA) is 35.5 Å². The van der Waals surface area contributed by atoms with Crippen LogP contribution in [0.15, 0.2) is 29.0 Å². The third-order valence-corrected chi connectivity index (χ3v) is 4.67. The van der Waals surface area contributed by atoms with Gasteiger partial charge in [-0.15, -0.1) is 12.4 Å². The van der Waals surface area contributed by atoms with Gasteiger partial charge in [-0.05, 0) is 47.0 Å². The number of phenols is 1. The fourth-order valence-corrected chi connectivity index (χ4v) is 3.61. The molecule has 2 N–H and O–H groups in total. The third kappa shape index (κ3) is 3.43. The maximum atomic E-state index is 13.8. The number of halogens is 2. The molecule has 2 heterocycles. The van der Waals surface area contributed by atoms with Crippen LogP contribution in [0.3, 0.4) is 0 Å². The van der Waals surface area contributed by atoms with Gasteiger partial charge in [-0.25, -0.2) is 4.39 Å². The first-order chi connectivity index (χ1) is 10.2. The molecule has 0 radical (unpaired) electrons. The second-order valence-electron chi connectivity index (χ2n) is 5.41. The fraction of sp³-hybridized carbons (Fsp3) is 0.375. The average Bonchev–Trinajstić information content (AvgIpc) is 2.99. The summed E-state index contributed by atoms with van der Waals surface area (Å²) in [6.07, 6.45) is 0. The number of nitrogens with one attached hydrogen (secondary N) is 1. The van der Waals surface area contributed by atoms with Crippen molar-refractivity contribution in [3.05, 3.63) is 51.5 Å². The van der Waals surface area contributed by atoms with Crippen molar-refractivity contribution < 1.29 is 9.50 Å². The first-order valence-corrected chi connectivity index (χ1v) is 8.07. The van der Waals surface area contributed by atoms with E-state index in [0.717, 1.165) is 31.7 Å². The predicted molar refractivity (Wildman–Crippen MR) is 90.7 cm³/mol. The molecule has 3 nitrogen and oxygen atoms in total. The number of thiophene rings is 1. The Kier molecular flexibility index (Phi) is 5.81. The van der Waals surface area contributed by atoms with E-state index in [9.17, 15) is 9.50 Å². The Balaban J connectivity index is 0.00000176. The lowest BCUT2D eigenvalue weighted by molar-refractivity contribution is 0.195. The Morgan fingerprint density at radius 2 is 2.05 bits per heavy atom. The summed E-state index contributed by atoms with van der Waals surface area (Å²) >= 11 is 1.62. The summed E-state index contributed by atoms with van der Waals surface area (Å²) in [6, 6.07) is 4.80. The lowest BCUT2D eigenvalue weighted by Crippen LogP contribution is -2.45. The maximum absolute atomic E-state index is 13.8. The Labute approximate surface area is 140 Å². The molecular weight excluding hydrogens is 323 g/mol. The van der Waals surface area contributed by atoms with Crippen molar-refractivity contribution in [2.45, 2.75) is 13.0 Å². The van der Waals surface area contributed by atoms with E-state index in [1.54, 1.807) is 18.3 Å². The summed E-state index contributed by atoms with van der Waals surface area (Å²) in [7, 11) is 0. The van der Waals surface area contributed by atoms with Gasteiger partial charge in [0.15, 0.2) is 0 Å². The zero-order chi connectivity index (χ0) is 14.8. The fourth-order valence-electron chi connectivity index (χ4n) is 2.93. The Morgan fingerprint density at radius 1 is 1.32 bits per heavy atom. The molecule has 3 rings (SSSR count). The zero-order valence-electron chi connectivity index (χ0n) is 12.4. The standard InChI is InChI=1S/C16H19FN2OS.ClH/c1-11-8-13(17)9-14(16(11)20)15(12-2-7-21-10-12)19-5-3-18-4-6-19;/h2,7-10,15,18,20H,3-6H2,1H3;1H/t15-;/m0./s1. The summed E-state index contributed by atoms with van der Waals surface area (Å²) in [4.78, 5) is 2.30. The summed E-state index contributed by atoms with van der Waals surface area (Å²) in [5.41, 5.74) is 2.36. The molecule has 0 saturated carbocycles. The first-order valence-electron chi connectivity index (χ1n) is 7.12. The van der Waals surface area contributed by atoms with Gasteiger partial charge in [0.05, 0.1) is 6.04 Å². The van der Waals surface area contributed by atoms with Crippen LogP contribution < -0.4 is 5.32 Å². The number of nitrogens with zero attached hydrogens (tertiary/aromatic N) is 1. The van der Waals surface area contributed by atoms with Crippen molar-refractivity contribution in [1.29, 1.82) is 0 Å². The van der Waals surface area contributed by atoms with Gasteiger partial charge in [0.1, 0.15) is 11.6 Å². The molecule has 0 aliphatic carbocycles. The van der Waals surface area contributed by atoms with E-state index < -0.39 is 0 Å². The molecule has 1 aliphatic rings. The molecule has 2 aromatic rings. The monoisotopic (exact) mass is 342 g/mol. The third-order valence-electron chi connectivity index (χ3n) is 3.96. The molecule has 1 aliphatic heterocycles. The van der Waals surface area contributed by atoms with Crippen molar-refractivity contribution in [2.24, 2.45) is 0 Å². The number of benzene rings is 1. The van der Waals surface area contributed by atoms with Gasteiger partial charge in [-0.1, -0.05) is 0 Å². The van der Waals surface area contributed by atoms with E-state index in [-0.39, 0.29) is 30.0 Å². The Morgan fingerprint density at radius 3 is 2.68 bits per heavy atom. The number of aromatic hydroxyl groups is 1. The highest BCUT2D eigenvalue weighted by atomic mass is 35.5. The molecule has 6 heteroatoms. The summed E-state index contributed by atoms with van der Waals surface area (Å²) in [5, 5.41) is 17.8. The molecular formula is C16H20ClFN2OS. The number of aryl methyl sites for hydroxylation is 1. The molecule has 1 saturated heterocycles. The van der Waals surface area contributed by atoms with Crippen LogP contribution in [0.2, 0.25) is 0 Å². The molecule has 1 fully saturated rings. The van der Waals surface area contributed by atoms with Gasteiger partial charge in [-0.2, -0.15) is 11.3 Å². The summed E-state index contributed by atoms with van der Waals surface area (Å²) in [5.74, 6) is -0.0956. The number of piperazine rings is 1. The molecule has 0 unspecified atom stereocenters. The molecule has 120 valence electrons. The molecule has 1 aromatic carbocycles. The Bertz CT molecular complexity index is 615. The van der Waals surface area contributed by atoms with Crippen molar-refractivity contribution >= 4 is 23.7 Å². The first kappa shape index (κ1) is 17.2. The van der Waals surface area contributed by atoms with Gasteiger partial charge in [0.2, 0.25) is 0 Å². The van der Waals surface area contributed by atoms with Crippen molar-refractivity contribution in [2.75, 3.05) is 26.2 Å². The largest absolute Gasteiger partial charge is 0.507 e. The predicted octanol–water partition coefficient (Wildman–Crippen LogP) is 3.32. The highest BCUT2D eigenvalue weighted by Crippen LogP contribution is 2.37. The van der Waals surface area contributed by atoms with E-state index >= 15 is 0 Å². The van der Waals surface area contributed by atoms with Crippen LogP contribution in [0, 0.1) is 12.7 Å². The van der Waals surface area contributed by atoms with Crippen LogP contribution in [0.4, 0.5) is 4.39 Å². The van der Waals surface area contributed by atoms with Gasteiger partial charge in [-0.3, -0.25) is 4.90 Å². The lowest BCUT2D eigenvalue weighted by Gasteiger charge is -2.35. The SMILES string of the molecule is Cc1cc(F)cc([C@H](c2ccsc2)N2CCNCC2)c1O.Cl. The summed E-state index contributed by atoms with van der Waals surface area (Å²) in [6.45, 7) is 5.33. The molecule has 0 amide bonds. The van der Waals surface area contributed by atoms with E-state index in [1.807, 2.05) is 5.38 Å². The normalized spacial score (nSPS) is 17.0. The van der Waals surface area contributed by atoms with E-state index in [0.29, 0.717) is 11.1 Å². The van der Waals surface area contributed by atoms with Gasteiger partial charge in [0.25, 0.3) is 0 Å². The van der Waals surface area contributed by atoms with Gasteiger partial charge < -0.3 is 10.4 Å². The minimum Gasteiger partial charge on any atom is -0.507 e. The number of rotatable bonds is 3. The summed E-state index contributed by atoms with van der Waals surface area (Å²) < 4.78 is 13.8. The van der Waals surface area contributed by atoms with Gasteiger partial charge in [0, 0.05) is 31.7 Å². The molecule has 0 spiro atoms. The van der Waals surface area contributed by atoms with Crippen LogP contribution in [-0.2, 0) is 0 Å². The van der Waals surface area contributed by atoms with Crippen LogP contribution in [0.5, 0.6) is 5.75 Å². The lowest BCUT2D eigenvalue weighted by atomic mass is 9.96. The highest BCUT2D eigenvalue weighted by Gasteiger charge is 2.27. The van der Waals surface area contributed by atoms with Crippen molar-refractivity contribution in [3.8, 4) is 5.75 Å². The second kappa shape index (κ2) is 7.42. The van der Waals surface area contributed by atoms with Crippen LogP contribution in [0.1, 0.15) is 22.7 Å². The van der Waals surface area contributed by atoms with Crippen LogP contribution >= 0.6 is 23.7 Å². The quantitative estimate of drug-likeness (QED) is 0.898. The molecule has 1 aromatic heterocycles.